The Morgan fingerprint density at radius 3 is 2.10 bits per heavy atom. The normalized spacial score (nSPS) is 11.0. The van der Waals surface area contributed by atoms with Crippen LogP contribution in [0.5, 0.6) is 23.0 Å². The van der Waals surface area contributed by atoms with Gasteiger partial charge in [-0.3, -0.25) is 9.10 Å². The van der Waals surface area contributed by atoms with E-state index in [4.69, 9.17) is 25.8 Å². The molecule has 0 fully saturated rings. The molecule has 0 aromatic heterocycles. The minimum Gasteiger partial charge on any atom is -0.495 e. The molecule has 10 heteroatoms. The number of para-hydroxylation sites is 2. The Morgan fingerprint density at radius 2 is 1.43 bits per heavy atom. The smallest absolute Gasteiger partial charge is 0.264 e. The molecule has 0 aliphatic heterocycles. The molecule has 0 unspecified atom stereocenters. The number of hydrogen-bond acceptors (Lipinski definition) is 6. The summed E-state index contributed by atoms with van der Waals surface area (Å²) in [6.45, 7) is 3.14. The number of carbonyl (C=O) groups excluding carboxylic acids is 1. The summed E-state index contributed by atoms with van der Waals surface area (Å²) in [5.74, 6) is 0.902. The zero-order chi connectivity index (χ0) is 28.9. The molecule has 8 nitrogen and oxygen atoms in total. The summed E-state index contributed by atoms with van der Waals surface area (Å²) in [5, 5.41) is 3.11. The highest BCUT2D eigenvalue weighted by molar-refractivity contribution is 7.92. The number of amides is 1. The van der Waals surface area contributed by atoms with Crippen LogP contribution >= 0.6 is 11.6 Å². The van der Waals surface area contributed by atoms with Crippen LogP contribution in [0, 0.1) is 13.8 Å². The lowest BCUT2D eigenvalue weighted by atomic mass is 10.2. The van der Waals surface area contributed by atoms with Crippen molar-refractivity contribution in [2.45, 2.75) is 18.7 Å². The summed E-state index contributed by atoms with van der Waals surface area (Å²) >= 11 is 6.23. The maximum absolute atomic E-state index is 13.9. The van der Waals surface area contributed by atoms with Crippen molar-refractivity contribution < 1.29 is 27.4 Å². The summed E-state index contributed by atoms with van der Waals surface area (Å²) in [6, 6.07) is 23.3. The van der Waals surface area contributed by atoms with Crippen molar-refractivity contribution in [2.24, 2.45) is 0 Å². The van der Waals surface area contributed by atoms with Gasteiger partial charge in [-0.05, 0) is 74.0 Å². The predicted molar refractivity (Wildman–Crippen MR) is 157 cm³/mol. The Balaban J connectivity index is 1.70. The average Bonchev–Trinajstić information content (AvgIpc) is 2.93. The Labute approximate surface area is 239 Å². The van der Waals surface area contributed by atoms with E-state index in [-0.39, 0.29) is 16.3 Å². The van der Waals surface area contributed by atoms with E-state index in [1.165, 1.54) is 32.4 Å². The summed E-state index contributed by atoms with van der Waals surface area (Å²) in [4.78, 5) is 13.5. The molecule has 4 rings (SSSR count). The number of methoxy groups -OCH3 is 2. The summed E-state index contributed by atoms with van der Waals surface area (Å²) in [7, 11) is -1.20. The van der Waals surface area contributed by atoms with Crippen molar-refractivity contribution in [1.82, 2.24) is 0 Å². The molecule has 1 N–H and O–H groups in total. The van der Waals surface area contributed by atoms with Crippen LogP contribution in [0.3, 0.4) is 0 Å². The van der Waals surface area contributed by atoms with Crippen LogP contribution in [-0.2, 0) is 14.8 Å². The number of anilines is 2. The number of aryl methyl sites for hydroxylation is 2. The molecule has 0 aliphatic rings. The maximum atomic E-state index is 13.9. The van der Waals surface area contributed by atoms with Gasteiger partial charge < -0.3 is 19.5 Å². The van der Waals surface area contributed by atoms with E-state index in [0.717, 1.165) is 15.4 Å². The number of rotatable bonds is 10. The molecule has 0 saturated carbocycles. The molecular formula is C30H29ClN2O6S. The number of nitrogens with zero attached hydrogens (tertiary/aromatic N) is 1. The largest absolute Gasteiger partial charge is 0.495 e. The molecule has 4 aromatic carbocycles. The van der Waals surface area contributed by atoms with Crippen molar-refractivity contribution in [1.29, 1.82) is 0 Å². The number of nitrogens with one attached hydrogen (secondary N) is 1. The molecule has 0 spiro atoms. The Kier molecular flexibility index (Phi) is 8.86. The molecule has 40 heavy (non-hydrogen) atoms. The lowest BCUT2D eigenvalue weighted by Gasteiger charge is -2.26. The van der Waals surface area contributed by atoms with Gasteiger partial charge >= 0.3 is 0 Å². The second-order valence-electron chi connectivity index (χ2n) is 8.94. The molecule has 0 heterocycles. The van der Waals surface area contributed by atoms with Crippen LogP contribution < -0.4 is 23.8 Å². The van der Waals surface area contributed by atoms with Gasteiger partial charge in [-0.1, -0.05) is 47.5 Å². The predicted octanol–water partition coefficient (Wildman–Crippen LogP) is 6.60. The molecule has 4 aromatic rings. The molecular weight excluding hydrogens is 552 g/mol. The molecule has 0 atom stereocenters. The average molecular weight is 581 g/mol. The van der Waals surface area contributed by atoms with Crippen LogP contribution in [0.25, 0.3) is 0 Å². The minimum absolute atomic E-state index is 0.0393. The highest BCUT2D eigenvalue weighted by Gasteiger charge is 2.30. The van der Waals surface area contributed by atoms with Gasteiger partial charge in [0.15, 0.2) is 17.2 Å². The quantitative estimate of drug-likeness (QED) is 0.227. The molecule has 208 valence electrons. The second-order valence-corrected chi connectivity index (χ2v) is 11.2. The number of hydrogen-bond donors (Lipinski definition) is 1. The van der Waals surface area contributed by atoms with E-state index < -0.39 is 22.5 Å². The van der Waals surface area contributed by atoms with Gasteiger partial charge in [0.05, 0.1) is 30.5 Å². The lowest BCUT2D eigenvalue weighted by molar-refractivity contribution is -0.114. The van der Waals surface area contributed by atoms with Gasteiger partial charge in [-0.2, -0.15) is 0 Å². The summed E-state index contributed by atoms with van der Waals surface area (Å²) in [5.41, 5.74) is 2.18. The van der Waals surface area contributed by atoms with Crippen molar-refractivity contribution in [3.63, 3.8) is 0 Å². The van der Waals surface area contributed by atoms with Crippen LogP contribution in [0.15, 0.2) is 89.8 Å². The van der Waals surface area contributed by atoms with E-state index in [1.807, 2.05) is 13.8 Å². The fourth-order valence-electron chi connectivity index (χ4n) is 3.96. The monoisotopic (exact) mass is 580 g/mol. The molecule has 0 bridgehead atoms. The van der Waals surface area contributed by atoms with Crippen LogP contribution in [0.4, 0.5) is 11.4 Å². The first kappa shape index (κ1) is 28.8. The fraction of sp³-hybridized carbons (Fsp3) is 0.167. The van der Waals surface area contributed by atoms with E-state index in [9.17, 15) is 13.2 Å². The number of ether oxygens (including phenoxy) is 3. The highest BCUT2D eigenvalue weighted by atomic mass is 35.5. The van der Waals surface area contributed by atoms with Crippen molar-refractivity contribution in [3.05, 3.63) is 101 Å². The van der Waals surface area contributed by atoms with Crippen molar-refractivity contribution in [3.8, 4) is 23.0 Å². The van der Waals surface area contributed by atoms with Crippen LogP contribution in [0.1, 0.15) is 11.1 Å². The Morgan fingerprint density at radius 1 is 0.800 bits per heavy atom. The summed E-state index contributed by atoms with van der Waals surface area (Å²) < 4.78 is 45.6. The number of sulfonamides is 1. The van der Waals surface area contributed by atoms with E-state index in [1.54, 1.807) is 66.7 Å². The Bertz CT molecular complexity index is 1620. The highest BCUT2D eigenvalue weighted by Crippen LogP contribution is 2.37. The lowest BCUT2D eigenvalue weighted by Crippen LogP contribution is -2.38. The zero-order valence-corrected chi connectivity index (χ0v) is 24.0. The van der Waals surface area contributed by atoms with Crippen LogP contribution in [-0.4, -0.2) is 35.1 Å². The number of benzene rings is 4. The van der Waals surface area contributed by atoms with Gasteiger partial charge in [0.1, 0.15) is 12.3 Å². The first-order valence-corrected chi connectivity index (χ1v) is 14.1. The van der Waals surface area contributed by atoms with E-state index in [2.05, 4.69) is 5.32 Å². The second kappa shape index (κ2) is 12.3. The topological polar surface area (TPSA) is 94.2 Å². The first-order chi connectivity index (χ1) is 19.1. The van der Waals surface area contributed by atoms with E-state index >= 15 is 0 Å². The van der Waals surface area contributed by atoms with Crippen LogP contribution in [0.2, 0.25) is 5.02 Å². The third-order valence-electron chi connectivity index (χ3n) is 6.00. The van der Waals surface area contributed by atoms with Crippen molar-refractivity contribution >= 4 is 38.9 Å². The first-order valence-electron chi connectivity index (χ1n) is 12.3. The molecule has 1 amide bonds. The van der Waals surface area contributed by atoms with Gasteiger partial charge in [0, 0.05) is 5.02 Å². The SMILES string of the molecule is COc1ccccc1Oc1ccc(Cl)cc1NC(=O)CN(c1cc(C)ccc1OC)S(=O)(=O)c1ccc(C)cc1. The minimum atomic E-state index is -4.16. The zero-order valence-electron chi connectivity index (χ0n) is 22.5. The fourth-order valence-corrected chi connectivity index (χ4v) is 5.56. The van der Waals surface area contributed by atoms with Gasteiger partial charge in [0.25, 0.3) is 10.0 Å². The van der Waals surface area contributed by atoms with Crippen molar-refractivity contribution in [2.75, 3.05) is 30.4 Å². The maximum Gasteiger partial charge on any atom is 0.264 e. The molecule has 0 radical (unpaired) electrons. The Hall–Kier alpha value is -4.21. The van der Waals surface area contributed by atoms with Gasteiger partial charge in [-0.25, -0.2) is 8.42 Å². The summed E-state index contributed by atoms with van der Waals surface area (Å²) in [6.07, 6.45) is 0. The number of carbonyl (C=O) groups is 1. The van der Waals surface area contributed by atoms with Gasteiger partial charge in [0.2, 0.25) is 5.91 Å². The standard InChI is InChI=1S/C30H29ClN2O6S/c1-20-9-13-23(14-10-20)40(35,36)33(25-17-21(2)11-15-27(25)37-3)19-30(34)32-24-18-22(31)12-16-26(24)39-29-8-6-5-7-28(29)38-4/h5-18H,19H2,1-4H3,(H,32,34). The third kappa shape index (κ3) is 6.50. The number of halogens is 1. The third-order valence-corrected chi connectivity index (χ3v) is 8.01. The molecule has 0 aliphatic carbocycles. The van der Waals surface area contributed by atoms with Gasteiger partial charge in [-0.15, -0.1) is 0 Å². The van der Waals surface area contributed by atoms with E-state index in [0.29, 0.717) is 28.0 Å². The molecule has 0 saturated heterocycles.